The lowest BCUT2D eigenvalue weighted by molar-refractivity contribution is 0.628. The Hall–Kier alpha value is -2.73. The molecule has 2 heterocycles. The maximum atomic E-state index is 13.2. The predicted molar refractivity (Wildman–Crippen MR) is 97.9 cm³/mol. The van der Waals surface area contributed by atoms with E-state index in [0.29, 0.717) is 11.6 Å². The summed E-state index contributed by atoms with van der Waals surface area (Å²) in [4.78, 5) is 14.7. The largest absolute Gasteiger partial charge is 0.359 e. The summed E-state index contributed by atoms with van der Waals surface area (Å²) in [7, 11) is 1.97. The number of hydrogen-bond acceptors (Lipinski definition) is 5. The van der Waals surface area contributed by atoms with E-state index in [9.17, 15) is 4.39 Å². The van der Waals surface area contributed by atoms with Crippen LogP contribution in [0.15, 0.2) is 55.0 Å². The zero-order chi connectivity index (χ0) is 17.6. The molecule has 0 aliphatic rings. The van der Waals surface area contributed by atoms with Gasteiger partial charge in [-0.25, -0.2) is 9.37 Å². The molecule has 0 unspecified atom stereocenters. The number of aromatic nitrogens is 3. The quantitative estimate of drug-likeness (QED) is 0.720. The lowest BCUT2D eigenvalue weighted by atomic mass is 10.2. The van der Waals surface area contributed by atoms with Crippen LogP contribution in [0.1, 0.15) is 5.56 Å². The second-order valence-electron chi connectivity index (χ2n) is 5.52. The van der Waals surface area contributed by atoms with E-state index in [1.165, 1.54) is 17.7 Å². The average Bonchev–Trinajstić information content (AvgIpc) is 2.64. The molecule has 0 saturated carbocycles. The zero-order valence-corrected chi connectivity index (χ0v) is 14.4. The summed E-state index contributed by atoms with van der Waals surface area (Å²) in [6.07, 6.45) is 6.14. The molecule has 3 rings (SSSR count). The van der Waals surface area contributed by atoms with Gasteiger partial charge in [-0.05, 0) is 48.4 Å². The highest BCUT2D eigenvalue weighted by Crippen LogP contribution is 2.22. The molecule has 1 N–H and O–H groups in total. The molecular weight excluding hydrogens is 341 g/mol. The van der Waals surface area contributed by atoms with Gasteiger partial charge in [-0.2, -0.15) is 4.98 Å². The van der Waals surface area contributed by atoms with Crippen LogP contribution in [0, 0.1) is 5.82 Å². The van der Waals surface area contributed by atoms with Gasteiger partial charge in [0.1, 0.15) is 11.6 Å². The summed E-state index contributed by atoms with van der Waals surface area (Å²) in [6.45, 7) is 0.808. The van der Waals surface area contributed by atoms with E-state index < -0.39 is 5.82 Å². The standard InChI is InChI=1S/C18H17ClFN5/c1-25(11-7-13-4-8-21-9-5-13)17-6-10-22-18(24-17)23-14-2-3-16(20)15(19)12-14/h2-6,8-10,12H,7,11H2,1H3,(H,22,23,24). The first kappa shape index (κ1) is 17.1. The molecule has 25 heavy (non-hydrogen) atoms. The van der Waals surface area contributed by atoms with Gasteiger partial charge < -0.3 is 10.2 Å². The minimum absolute atomic E-state index is 0.0515. The fraction of sp³-hybridized carbons (Fsp3) is 0.167. The third-order valence-electron chi connectivity index (χ3n) is 3.69. The van der Waals surface area contributed by atoms with Crippen molar-refractivity contribution in [3.63, 3.8) is 0 Å². The summed E-state index contributed by atoms with van der Waals surface area (Å²) < 4.78 is 13.2. The second-order valence-corrected chi connectivity index (χ2v) is 5.93. The smallest absolute Gasteiger partial charge is 0.229 e. The first-order chi connectivity index (χ1) is 12.1. The van der Waals surface area contributed by atoms with Crippen molar-refractivity contribution in [2.24, 2.45) is 0 Å². The van der Waals surface area contributed by atoms with Crippen molar-refractivity contribution >= 4 is 29.1 Å². The van der Waals surface area contributed by atoms with E-state index in [1.807, 2.05) is 30.1 Å². The minimum Gasteiger partial charge on any atom is -0.359 e. The highest BCUT2D eigenvalue weighted by molar-refractivity contribution is 6.31. The molecule has 0 atom stereocenters. The Balaban J connectivity index is 1.66. The van der Waals surface area contributed by atoms with Crippen LogP contribution in [0.2, 0.25) is 5.02 Å². The van der Waals surface area contributed by atoms with Gasteiger partial charge in [0.15, 0.2) is 0 Å². The van der Waals surface area contributed by atoms with Crippen LogP contribution in [0.3, 0.4) is 0 Å². The summed E-state index contributed by atoms with van der Waals surface area (Å²) in [5.41, 5.74) is 1.85. The van der Waals surface area contributed by atoms with Crippen LogP contribution in [0.25, 0.3) is 0 Å². The fourth-order valence-corrected chi connectivity index (χ4v) is 2.47. The molecule has 0 bridgehead atoms. The molecule has 128 valence electrons. The number of benzene rings is 1. The Kier molecular flexibility index (Phi) is 5.40. The number of anilines is 3. The number of nitrogens with one attached hydrogen (secondary N) is 1. The van der Waals surface area contributed by atoms with Crippen molar-refractivity contribution < 1.29 is 4.39 Å². The van der Waals surface area contributed by atoms with Gasteiger partial charge in [0.25, 0.3) is 0 Å². The van der Waals surface area contributed by atoms with Crippen molar-refractivity contribution in [2.45, 2.75) is 6.42 Å². The fourth-order valence-electron chi connectivity index (χ4n) is 2.29. The number of rotatable bonds is 6. The van der Waals surface area contributed by atoms with Gasteiger partial charge in [-0.15, -0.1) is 0 Å². The molecule has 0 saturated heterocycles. The van der Waals surface area contributed by atoms with Crippen molar-refractivity contribution in [1.82, 2.24) is 15.0 Å². The molecule has 0 amide bonds. The van der Waals surface area contributed by atoms with Gasteiger partial charge in [0.2, 0.25) is 5.95 Å². The molecule has 0 aliphatic heterocycles. The van der Waals surface area contributed by atoms with E-state index in [2.05, 4.69) is 20.3 Å². The van der Waals surface area contributed by atoms with E-state index in [1.54, 1.807) is 24.7 Å². The monoisotopic (exact) mass is 357 g/mol. The van der Waals surface area contributed by atoms with Crippen LogP contribution < -0.4 is 10.2 Å². The number of likely N-dealkylation sites (N-methyl/N-ethyl adjacent to an activating group) is 1. The summed E-state index contributed by atoms with van der Waals surface area (Å²) in [5.74, 6) is 0.758. The lowest BCUT2D eigenvalue weighted by Gasteiger charge is -2.18. The first-order valence-corrected chi connectivity index (χ1v) is 8.15. The maximum Gasteiger partial charge on any atom is 0.229 e. The summed E-state index contributed by atoms with van der Waals surface area (Å²) in [6, 6.07) is 10.2. The SMILES string of the molecule is CN(CCc1ccncc1)c1ccnc(Nc2ccc(F)c(Cl)c2)n1. The second kappa shape index (κ2) is 7.90. The highest BCUT2D eigenvalue weighted by atomic mass is 35.5. The normalized spacial score (nSPS) is 10.5. The van der Waals surface area contributed by atoms with Crippen LogP contribution in [0.5, 0.6) is 0 Å². The molecule has 0 radical (unpaired) electrons. The van der Waals surface area contributed by atoms with E-state index in [-0.39, 0.29) is 5.02 Å². The Labute approximate surface area is 150 Å². The van der Waals surface area contributed by atoms with Gasteiger partial charge in [-0.3, -0.25) is 4.98 Å². The summed E-state index contributed by atoms with van der Waals surface area (Å²) in [5, 5.41) is 3.08. The highest BCUT2D eigenvalue weighted by Gasteiger charge is 2.07. The van der Waals surface area contributed by atoms with E-state index in [0.717, 1.165) is 18.8 Å². The third kappa shape index (κ3) is 4.64. The van der Waals surface area contributed by atoms with Crippen LogP contribution in [-0.4, -0.2) is 28.5 Å². The van der Waals surface area contributed by atoms with E-state index >= 15 is 0 Å². The van der Waals surface area contributed by atoms with Crippen molar-refractivity contribution in [3.05, 3.63) is 71.4 Å². The number of pyridine rings is 1. The van der Waals surface area contributed by atoms with Crippen molar-refractivity contribution in [2.75, 3.05) is 23.8 Å². The number of halogens is 2. The molecule has 0 spiro atoms. The Bertz CT molecular complexity index is 844. The zero-order valence-electron chi connectivity index (χ0n) is 13.7. The third-order valence-corrected chi connectivity index (χ3v) is 3.98. The average molecular weight is 358 g/mol. The molecule has 5 nitrogen and oxygen atoms in total. The summed E-state index contributed by atoms with van der Waals surface area (Å²) >= 11 is 5.79. The Morgan fingerprint density at radius 3 is 2.68 bits per heavy atom. The van der Waals surface area contributed by atoms with Gasteiger partial charge in [0, 0.05) is 37.9 Å². The molecular formula is C18H17ClFN5. The minimum atomic E-state index is -0.460. The number of hydrogen-bond donors (Lipinski definition) is 1. The molecule has 7 heteroatoms. The molecule has 0 aliphatic carbocycles. The van der Waals surface area contributed by atoms with Gasteiger partial charge >= 0.3 is 0 Å². The van der Waals surface area contributed by atoms with Crippen LogP contribution in [0.4, 0.5) is 21.8 Å². The Morgan fingerprint density at radius 1 is 1.12 bits per heavy atom. The predicted octanol–water partition coefficient (Wildman–Crippen LogP) is 4.09. The maximum absolute atomic E-state index is 13.2. The lowest BCUT2D eigenvalue weighted by Crippen LogP contribution is -2.21. The van der Waals surface area contributed by atoms with Gasteiger partial charge in [-0.1, -0.05) is 11.6 Å². The molecule has 0 fully saturated rings. The Morgan fingerprint density at radius 2 is 1.92 bits per heavy atom. The molecule has 2 aromatic heterocycles. The van der Waals surface area contributed by atoms with Gasteiger partial charge in [0.05, 0.1) is 5.02 Å². The van der Waals surface area contributed by atoms with E-state index in [4.69, 9.17) is 11.6 Å². The van der Waals surface area contributed by atoms with Crippen molar-refractivity contribution in [1.29, 1.82) is 0 Å². The first-order valence-electron chi connectivity index (χ1n) is 7.77. The van der Waals surface area contributed by atoms with Crippen LogP contribution in [-0.2, 0) is 6.42 Å². The molecule has 1 aromatic carbocycles. The van der Waals surface area contributed by atoms with Crippen LogP contribution >= 0.6 is 11.6 Å². The van der Waals surface area contributed by atoms with Crippen molar-refractivity contribution in [3.8, 4) is 0 Å². The molecule has 3 aromatic rings. The number of nitrogens with zero attached hydrogens (tertiary/aromatic N) is 4. The topological polar surface area (TPSA) is 53.9 Å².